The van der Waals surface area contributed by atoms with Gasteiger partial charge in [-0.15, -0.1) is 0 Å². The largest absolute Gasteiger partial charge is 0.480 e. The van der Waals surface area contributed by atoms with Crippen molar-refractivity contribution < 1.29 is 19.1 Å². The molecule has 4 atom stereocenters. The molecule has 3 fully saturated rings. The normalized spacial score (nSPS) is 22.7. The van der Waals surface area contributed by atoms with E-state index in [0.29, 0.717) is 13.0 Å². The second kappa shape index (κ2) is 10.6. The molecule has 2 saturated heterocycles. The lowest BCUT2D eigenvalue weighted by molar-refractivity contribution is -0.152. The van der Waals surface area contributed by atoms with Crippen LogP contribution in [0, 0.1) is 23.6 Å². The Morgan fingerprint density at radius 3 is 2.20 bits per heavy atom. The van der Waals surface area contributed by atoms with Crippen molar-refractivity contribution in [3.63, 3.8) is 0 Å². The lowest BCUT2D eigenvalue weighted by atomic mass is 9.70. The Hall–Kier alpha value is -4.41. The predicted molar refractivity (Wildman–Crippen MR) is 153 cm³/mol. The number of piperidine rings is 2. The molecule has 40 heavy (non-hydrogen) atoms. The lowest BCUT2D eigenvalue weighted by Crippen LogP contribution is -2.68. The first-order valence-electron chi connectivity index (χ1n) is 13.6. The molecular formula is C33H30FN3O3. The van der Waals surface area contributed by atoms with Crippen molar-refractivity contribution in [3.8, 4) is 11.8 Å². The Labute approximate surface area is 233 Å². The van der Waals surface area contributed by atoms with E-state index in [4.69, 9.17) is 0 Å². The number of carboxylic acids is 1. The molecule has 7 heteroatoms. The van der Waals surface area contributed by atoms with E-state index in [1.807, 2.05) is 67.7 Å². The van der Waals surface area contributed by atoms with Gasteiger partial charge in [-0.05, 0) is 73.8 Å². The van der Waals surface area contributed by atoms with Crippen LogP contribution in [-0.2, 0) is 4.79 Å². The number of hydrogen-bond acceptors (Lipinski definition) is 3. The molecule has 3 heterocycles. The van der Waals surface area contributed by atoms with Gasteiger partial charge in [0.2, 0.25) is 0 Å². The summed E-state index contributed by atoms with van der Waals surface area (Å²) in [6.45, 7) is 0.449. The molecular weight excluding hydrogens is 505 g/mol. The van der Waals surface area contributed by atoms with Crippen LogP contribution in [0.4, 0.5) is 20.6 Å². The van der Waals surface area contributed by atoms with Gasteiger partial charge in [0.1, 0.15) is 11.9 Å². The zero-order valence-electron chi connectivity index (χ0n) is 22.2. The van der Waals surface area contributed by atoms with Crippen LogP contribution in [-0.4, -0.2) is 58.6 Å². The molecule has 1 N–H and O–H groups in total. The summed E-state index contributed by atoms with van der Waals surface area (Å²) in [6, 6.07) is 20.0. The maximum atomic E-state index is 14.5. The SMILES string of the molecule is CN(CC#Cc1ccc(F)cc1)C1C[C@@H]2CC[C@H]1[C@@H](C(=O)O)N2C(=O)N1c2ccccc2C=Cc2ccccc21. The number of carbonyl (C=O) groups is 2. The standard InChI is InChI=1S/C33H30FN3O3/c1-35(20-6-7-22-12-16-25(34)17-13-22)30-21-26-18-19-27(30)31(32(38)39)36(26)33(40)37-28-10-4-2-8-23(28)14-15-24-9-3-5-11-29(24)37/h2-5,8-17,26-27,30-31H,18-21H2,1H3,(H,38,39)/t26-,27+,30?,31-/m0/s1. The highest BCUT2D eigenvalue weighted by Gasteiger charge is 2.54. The highest BCUT2D eigenvalue weighted by atomic mass is 19.1. The van der Waals surface area contributed by atoms with Crippen LogP contribution < -0.4 is 4.90 Å². The first kappa shape index (κ1) is 25.8. The molecule has 1 unspecified atom stereocenters. The van der Waals surface area contributed by atoms with Crippen LogP contribution in [0.1, 0.15) is 36.0 Å². The van der Waals surface area contributed by atoms with Gasteiger partial charge in [-0.25, -0.2) is 14.0 Å². The maximum Gasteiger partial charge on any atom is 0.330 e. The number of carbonyl (C=O) groups excluding carboxylic acids is 1. The van der Waals surface area contributed by atoms with Crippen molar-refractivity contribution in [2.45, 2.75) is 37.4 Å². The minimum Gasteiger partial charge on any atom is -0.480 e. The fraction of sp³-hybridized carbons (Fsp3) is 0.273. The molecule has 1 saturated carbocycles. The molecule has 0 spiro atoms. The molecule has 2 amide bonds. The Bertz CT molecular complexity index is 1490. The number of para-hydroxylation sites is 2. The molecule has 3 aromatic rings. The molecule has 3 aromatic carbocycles. The van der Waals surface area contributed by atoms with Crippen LogP contribution in [0.3, 0.4) is 0 Å². The van der Waals surface area contributed by atoms with E-state index in [-0.39, 0.29) is 29.8 Å². The average molecular weight is 536 g/mol. The first-order valence-corrected chi connectivity index (χ1v) is 13.6. The third-order valence-electron chi connectivity index (χ3n) is 8.37. The van der Waals surface area contributed by atoms with Crippen LogP contribution in [0.5, 0.6) is 0 Å². The minimum absolute atomic E-state index is 0.0169. The molecule has 0 radical (unpaired) electrons. The van der Waals surface area contributed by atoms with Crippen molar-refractivity contribution in [3.05, 3.63) is 95.3 Å². The van der Waals surface area contributed by atoms with E-state index >= 15 is 0 Å². The van der Waals surface area contributed by atoms with E-state index in [2.05, 4.69) is 16.7 Å². The molecule has 0 aromatic heterocycles. The Kier molecular flexibility index (Phi) is 6.87. The van der Waals surface area contributed by atoms with Crippen LogP contribution in [0.25, 0.3) is 12.2 Å². The lowest BCUT2D eigenvalue weighted by Gasteiger charge is -2.55. The third-order valence-corrected chi connectivity index (χ3v) is 8.37. The van der Waals surface area contributed by atoms with Crippen molar-refractivity contribution in [1.82, 2.24) is 9.80 Å². The zero-order valence-corrected chi connectivity index (χ0v) is 22.2. The van der Waals surface area contributed by atoms with Gasteiger partial charge in [0.15, 0.2) is 0 Å². The molecule has 7 rings (SSSR count). The predicted octanol–water partition coefficient (Wildman–Crippen LogP) is 5.86. The average Bonchev–Trinajstić information content (AvgIpc) is 3.14. The van der Waals surface area contributed by atoms with Crippen LogP contribution in [0.15, 0.2) is 72.8 Å². The summed E-state index contributed by atoms with van der Waals surface area (Å²) in [6.07, 6.45) is 6.18. The number of nitrogens with zero attached hydrogens (tertiary/aromatic N) is 3. The van der Waals surface area contributed by atoms with Crippen molar-refractivity contribution in [1.29, 1.82) is 0 Å². The quantitative estimate of drug-likeness (QED) is 0.427. The maximum absolute atomic E-state index is 14.5. The smallest absolute Gasteiger partial charge is 0.330 e. The fourth-order valence-electron chi connectivity index (χ4n) is 6.50. The van der Waals surface area contributed by atoms with Crippen LogP contribution >= 0.6 is 0 Å². The molecule has 1 aliphatic carbocycles. The number of rotatable bonds is 3. The monoisotopic (exact) mass is 535 g/mol. The number of aliphatic carboxylic acids is 1. The van der Waals surface area contributed by atoms with E-state index in [1.165, 1.54) is 12.1 Å². The first-order chi connectivity index (χ1) is 19.4. The van der Waals surface area contributed by atoms with Gasteiger partial charge >= 0.3 is 12.0 Å². The second-order valence-electron chi connectivity index (χ2n) is 10.7. The van der Waals surface area contributed by atoms with Crippen LogP contribution in [0.2, 0.25) is 0 Å². The summed E-state index contributed by atoms with van der Waals surface area (Å²) >= 11 is 0. The Morgan fingerprint density at radius 1 is 0.950 bits per heavy atom. The van der Waals surface area contributed by atoms with Gasteiger partial charge in [-0.2, -0.15) is 0 Å². The molecule has 2 bridgehead atoms. The number of hydrogen-bond donors (Lipinski definition) is 1. The third kappa shape index (κ3) is 4.65. The second-order valence-corrected chi connectivity index (χ2v) is 10.7. The number of carboxylic acid groups (broad SMARTS) is 1. The topological polar surface area (TPSA) is 64.1 Å². The van der Waals surface area contributed by atoms with Gasteiger partial charge in [-0.1, -0.05) is 60.4 Å². The fourth-order valence-corrected chi connectivity index (χ4v) is 6.50. The number of urea groups is 1. The van der Waals surface area contributed by atoms with E-state index in [9.17, 15) is 19.1 Å². The summed E-state index contributed by atoms with van der Waals surface area (Å²) in [4.78, 5) is 32.7. The number of benzene rings is 3. The summed E-state index contributed by atoms with van der Waals surface area (Å²) < 4.78 is 13.2. The van der Waals surface area contributed by atoms with Gasteiger partial charge in [0.05, 0.1) is 17.9 Å². The van der Waals surface area contributed by atoms with Crippen molar-refractivity contribution in [2.75, 3.05) is 18.5 Å². The summed E-state index contributed by atoms with van der Waals surface area (Å²) in [5, 5.41) is 10.5. The number of halogens is 1. The van der Waals surface area contributed by atoms with Gasteiger partial charge in [0, 0.05) is 23.6 Å². The van der Waals surface area contributed by atoms with Gasteiger partial charge in [-0.3, -0.25) is 9.80 Å². The summed E-state index contributed by atoms with van der Waals surface area (Å²) in [5.41, 5.74) is 4.01. The highest BCUT2D eigenvalue weighted by Crippen LogP contribution is 2.45. The van der Waals surface area contributed by atoms with E-state index in [0.717, 1.165) is 40.9 Å². The van der Waals surface area contributed by atoms with Gasteiger partial charge in [0.25, 0.3) is 0 Å². The summed E-state index contributed by atoms with van der Waals surface area (Å²) in [7, 11) is 1.96. The zero-order chi connectivity index (χ0) is 27.8. The molecule has 202 valence electrons. The number of fused-ring (bicyclic) bond motifs is 5. The Morgan fingerprint density at radius 2 is 1.57 bits per heavy atom. The molecule has 3 aliphatic heterocycles. The van der Waals surface area contributed by atoms with Gasteiger partial charge < -0.3 is 10.0 Å². The number of amides is 2. The van der Waals surface area contributed by atoms with E-state index < -0.39 is 12.0 Å². The molecule has 4 aliphatic rings. The number of anilines is 2. The Balaban J connectivity index is 1.29. The van der Waals surface area contributed by atoms with Crippen molar-refractivity contribution in [2.24, 2.45) is 5.92 Å². The molecule has 6 nitrogen and oxygen atoms in total. The van der Waals surface area contributed by atoms with E-state index in [1.54, 1.807) is 21.9 Å². The highest BCUT2D eigenvalue weighted by molar-refractivity contribution is 6.06. The van der Waals surface area contributed by atoms with Crippen molar-refractivity contribution >= 4 is 35.5 Å². The summed E-state index contributed by atoms with van der Waals surface area (Å²) in [5.74, 6) is 4.71. The minimum atomic E-state index is -0.979.